The van der Waals surface area contributed by atoms with Crippen LogP contribution in [0.15, 0.2) is 0 Å². The van der Waals surface area contributed by atoms with Gasteiger partial charge in [-0.3, -0.25) is 0 Å². The SMILES string of the molecule is Cn1nc(N)c2c1OCCO2. The molecule has 0 aliphatic carbocycles. The molecule has 5 nitrogen and oxygen atoms in total. The average molecular weight is 155 g/mol. The predicted molar refractivity (Wildman–Crippen MR) is 38.6 cm³/mol. The van der Waals surface area contributed by atoms with Gasteiger partial charge in [0.2, 0.25) is 5.75 Å². The van der Waals surface area contributed by atoms with E-state index in [9.17, 15) is 0 Å². The summed E-state index contributed by atoms with van der Waals surface area (Å²) in [6.07, 6.45) is 0. The quantitative estimate of drug-likeness (QED) is 0.562. The fourth-order valence-electron chi connectivity index (χ4n) is 1.09. The van der Waals surface area contributed by atoms with Crippen LogP contribution in [0.1, 0.15) is 0 Å². The molecule has 60 valence electrons. The maximum absolute atomic E-state index is 5.53. The fraction of sp³-hybridized carbons (Fsp3) is 0.500. The molecule has 0 spiro atoms. The van der Waals surface area contributed by atoms with Crippen LogP contribution in [-0.2, 0) is 7.05 Å². The Balaban J connectivity index is 2.52. The summed E-state index contributed by atoms with van der Waals surface area (Å²) in [4.78, 5) is 0. The molecule has 1 aromatic rings. The number of anilines is 1. The lowest BCUT2D eigenvalue weighted by Gasteiger charge is -2.14. The highest BCUT2D eigenvalue weighted by Crippen LogP contribution is 2.34. The van der Waals surface area contributed by atoms with Crippen molar-refractivity contribution in [3.8, 4) is 11.6 Å². The predicted octanol–water partition coefficient (Wildman–Crippen LogP) is -0.227. The number of nitrogens with two attached hydrogens (primary N) is 1. The van der Waals surface area contributed by atoms with Crippen LogP contribution in [0.3, 0.4) is 0 Å². The van der Waals surface area contributed by atoms with Crippen molar-refractivity contribution >= 4 is 5.82 Å². The van der Waals surface area contributed by atoms with Gasteiger partial charge in [-0.15, -0.1) is 5.10 Å². The Hall–Kier alpha value is -1.39. The van der Waals surface area contributed by atoms with Crippen LogP contribution < -0.4 is 15.2 Å². The summed E-state index contributed by atoms with van der Waals surface area (Å²) < 4.78 is 12.1. The molecule has 0 saturated carbocycles. The normalized spacial score (nSPS) is 15.0. The lowest BCUT2D eigenvalue weighted by atomic mass is 10.5. The Labute approximate surface area is 63.7 Å². The summed E-state index contributed by atoms with van der Waals surface area (Å²) in [5, 5.41) is 3.94. The molecule has 1 aromatic heterocycles. The second kappa shape index (κ2) is 2.05. The van der Waals surface area contributed by atoms with Crippen molar-refractivity contribution in [2.75, 3.05) is 18.9 Å². The van der Waals surface area contributed by atoms with Crippen LogP contribution in [0.4, 0.5) is 5.82 Å². The van der Waals surface area contributed by atoms with E-state index in [0.717, 1.165) is 0 Å². The first-order valence-corrected chi connectivity index (χ1v) is 3.37. The summed E-state index contributed by atoms with van der Waals surface area (Å²) in [6, 6.07) is 0. The van der Waals surface area contributed by atoms with Gasteiger partial charge in [0.25, 0.3) is 5.88 Å². The third-order valence-electron chi connectivity index (χ3n) is 1.55. The Kier molecular flexibility index (Phi) is 1.18. The Morgan fingerprint density at radius 3 is 2.91 bits per heavy atom. The number of ether oxygens (including phenoxy) is 2. The second-order valence-corrected chi connectivity index (χ2v) is 2.34. The largest absolute Gasteiger partial charge is 0.482 e. The first-order chi connectivity index (χ1) is 5.29. The first kappa shape index (κ1) is 6.33. The molecule has 0 amide bonds. The summed E-state index contributed by atoms with van der Waals surface area (Å²) in [5.74, 6) is 1.58. The van der Waals surface area contributed by atoms with E-state index in [2.05, 4.69) is 5.10 Å². The topological polar surface area (TPSA) is 62.3 Å². The Morgan fingerprint density at radius 1 is 1.45 bits per heavy atom. The van der Waals surface area contributed by atoms with Crippen molar-refractivity contribution in [1.82, 2.24) is 9.78 Å². The molecular formula is C6H9N3O2. The molecule has 1 aliphatic heterocycles. The van der Waals surface area contributed by atoms with E-state index in [-0.39, 0.29) is 0 Å². The third kappa shape index (κ3) is 0.806. The maximum atomic E-state index is 5.53. The number of hydrogen-bond acceptors (Lipinski definition) is 4. The lowest BCUT2D eigenvalue weighted by molar-refractivity contribution is 0.162. The number of fused-ring (bicyclic) bond motifs is 1. The van der Waals surface area contributed by atoms with Crippen molar-refractivity contribution in [1.29, 1.82) is 0 Å². The van der Waals surface area contributed by atoms with E-state index in [1.807, 2.05) is 0 Å². The minimum absolute atomic E-state index is 0.391. The van der Waals surface area contributed by atoms with E-state index in [0.29, 0.717) is 30.7 Å². The van der Waals surface area contributed by atoms with E-state index in [4.69, 9.17) is 15.2 Å². The van der Waals surface area contributed by atoms with Gasteiger partial charge in [0.05, 0.1) is 0 Å². The smallest absolute Gasteiger partial charge is 0.257 e. The van der Waals surface area contributed by atoms with Gasteiger partial charge >= 0.3 is 0 Å². The zero-order valence-electron chi connectivity index (χ0n) is 6.20. The van der Waals surface area contributed by atoms with Gasteiger partial charge in [0, 0.05) is 7.05 Å². The van der Waals surface area contributed by atoms with Gasteiger partial charge in [-0.2, -0.15) is 0 Å². The van der Waals surface area contributed by atoms with Crippen molar-refractivity contribution in [2.45, 2.75) is 0 Å². The highest BCUT2D eigenvalue weighted by atomic mass is 16.6. The minimum atomic E-state index is 0.391. The van der Waals surface area contributed by atoms with E-state index >= 15 is 0 Å². The standard InChI is InChI=1S/C6H9N3O2/c1-9-6-4(5(7)8-9)10-2-3-11-6/h2-3H2,1H3,(H2,7,8). The van der Waals surface area contributed by atoms with Crippen molar-refractivity contribution in [3.63, 3.8) is 0 Å². The van der Waals surface area contributed by atoms with E-state index in [1.165, 1.54) is 0 Å². The molecule has 0 fully saturated rings. The van der Waals surface area contributed by atoms with Gasteiger partial charge in [-0.25, -0.2) is 4.68 Å². The number of aromatic nitrogens is 2. The van der Waals surface area contributed by atoms with Crippen LogP contribution in [0, 0.1) is 0 Å². The molecule has 0 radical (unpaired) electrons. The summed E-state index contributed by atoms with van der Waals surface area (Å²) in [7, 11) is 1.77. The number of nitrogens with zero attached hydrogens (tertiary/aromatic N) is 2. The second-order valence-electron chi connectivity index (χ2n) is 2.34. The number of nitrogen functional groups attached to an aromatic ring is 1. The monoisotopic (exact) mass is 155 g/mol. The molecule has 2 rings (SSSR count). The number of rotatable bonds is 0. The molecule has 2 N–H and O–H groups in total. The van der Waals surface area contributed by atoms with Gasteiger partial charge in [-0.05, 0) is 0 Å². The average Bonchev–Trinajstić information content (AvgIpc) is 2.30. The van der Waals surface area contributed by atoms with Crippen LogP contribution in [0.25, 0.3) is 0 Å². The summed E-state index contributed by atoms with van der Waals surface area (Å²) in [5.41, 5.74) is 5.53. The van der Waals surface area contributed by atoms with Gasteiger partial charge in [0.1, 0.15) is 13.2 Å². The fourth-order valence-corrected chi connectivity index (χ4v) is 1.09. The molecule has 0 unspecified atom stereocenters. The number of aryl methyl sites for hydroxylation is 1. The van der Waals surface area contributed by atoms with Crippen molar-refractivity contribution in [3.05, 3.63) is 0 Å². The first-order valence-electron chi connectivity index (χ1n) is 3.37. The lowest BCUT2D eigenvalue weighted by Crippen LogP contribution is -2.16. The van der Waals surface area contributed by atoms with Gasteiger partial charge in [0.15, 0.2) is 5.82 Å². The van der Waals surface area contributed by atoms with Crippen LogP contribution >= 0.6 is 0 Å². The van der Waals surface area contributed by atoms with E-state index < -0.39 is 0 Å². The van der Waals surface area contributed by atoms with Gasteiger partial charge in [-0.1, -0.05) is 0 Å². The molecule has 0 saturated heterocycles. The molecule has 5 heteroatoms. The van der Waals surface area contributed by atoms with Crippen molar-refractivity contribution < 1.29 is 9.47 Å². The van der Waals surface area contributed by atoms with Crippen LogP contribution in [0.5, 0.6) is 11.6 Å². The maximum Gasteiger partial charge on any atom is 0.257 e. The molecule has 11 heavy (non-hydrogen) atoms. The summed E-state index contributed by atoms with van der Waals surface area (Å²) >= 11 is 0. The molecule has 2 heterocycles. The zero-order valence-corrected chi connectivity index (χ0v) is 6.20. The summed E-state index contributed by atoms with van der Waals surface area (Å²) in [6.45, 7) is 1.11. The molecule has 0 aromatic carbocycles. The van der Waals surface area contributed by atoms with Crippen molar-refractivity contribution in [2.24, 2.45) is 7.05 Å². The van der Waals surface area contributed by atoms with Crippen LogP contribution in [-0.4, -0.2) is 23.0 Å². The minimum Gasteiger partial charge on any atom is -0.482 e. The van der Waals surface area contributed by atoms with Gasteiger partial charge < -0.3 is 15.2 Å². The zero-order chi connectivity index (χ0) is 7.84. The number of hydrogen-bond donors (Lipinski definition) is 1. The van der Waals surface area contributed by atoms with E-state index in [1.54, 1.807) is 11.7 Å². The molecule has 1 aliphatic rings. The molecule has 0 bridgehead atoms. The highest BCUT2D eigenvalue weighted by Gasteiger charge is 2.20. The van der Waals surface area contributed by atoms with Crippen LogP contribution in [0.2, 0.25) is 0 Å². The Morgan fingerprint density at radius 2 is 2.18 bits per heavy atom. The third-order valence-corrected chi connectivity index (χ3v) is 1.55. The molecule has 0 atom stereocenters. The molecular weight excluding hydrogens is 146 g/mol. The Bertz CT molecular complexity index is 255. The highest BCUT2D eigenvalue weighted by molar-refractivity contribution is 5.53.